The summed E-state index contributed by atoms with van der Waals surface area (Å²) in [5.74, 6) is -0.424. The molecule has 0 aliphatic heterocycles. The van der Waals surface area contributed by atoms with Crippen molar-refractivity contribution in [2.75, 3.05) is 12.4 Å². The van der Waals surface area contributed by atoms with Crippen LogP contribution in [0.5, 0.6) is 0 Å². The predicted octanol–water partition coefficient (Wildman–Crippen LogP) is 2.95. The Morgan fingerprint density at radius 2 is 2.05 bits per heavy atom. The number of rotatable bonds is 6. The first-order valence-corrected chi connectivity index (χ1v) is 6.60. The molecule has 0 fully saturated rings. The third-order valence-electron chi connectivity index (χ3n) is 3.06. The number of nitrogens with one attached hydrogen (secondary N) is 2. The monoisotopic (exact) mass is 279 g/mol. The van der Waals surface area contributed by atoms with Crippen LogP contribution in [0.15, 0.2) is 18.2 Å². The fourth-order valence-electron chi connectivity index (χ4n) is 2.19. The van der Waals surface area contributed by atoms with Gasteiger partial charge in [-0.2, -0.15) is 0 Å². The molecule has 6 heteroatoms. The van der Waals surface area contributed by atoms with E-state index >= 15 is 0 Å². The van der Waals surface area contributed by atoms with Crippen LogP contribution in [0.2, 0.25) is 0 Å². The second-order valence-corrected chi connectivity index (χ2v) is 5.30. The average Bonchev–Trinajstić information content (AvgIpc) is 2.36. The van der Waals surface area contributed by atoms with Crippen LogP contribution in [0.25, 0.3) is 0 Å². The van der Waals surface area contributed by atoms with E-state index < -0.39 is 16.4 Å². The van der Waals surface area contributed by atoms with E-state index in [1.165, 1.54) is 6.07 Å². The molecule has 0 spiro atoms. The number of carbonyl (C=O) groups is 1. The van der Waals surface area contributed by atoms with Crippen molar-refractivity contribution in [2.45, 2.75) is 39.2 Å². The van der Waals surface area contributed by atoms with Crippen molar-refractivity contribution >= 4 is 17.3 Å². The summed E-state index contributed by atoms with van der Waals surface area (Å²) in [5.41, 5.74) is -0.184. The molecule has 1 aromatic carbocycles. The molecule has 0 aliphatic rings. The van der Waals surface area contributed by atoms with Crippen molar-refractivity contribution in [1.29, 1.82) is 0 Å². The fourth-order valence-corrected chi connectivity index (χ4v) is 2.19. The normalized spacial score (nSPS) is 11.0. The molecule has 0 aromatic heterocycles. The Bertz CT molecular complexity index is 512. The van der Waals surface area contributed by atoms with Crippen LogP contribution in [0.1, 0.15) is 44.0 Å². The Balaban J connectivity index is 3.13. The number of para-hydroxylation sites is 1. The molecular weight excluding hydrogens is 258 g/mol. The summed E-state index contributed by atoms with van der Waals surface area (Å²) >= 11 is 0. The first-order valence-electron chi connectivity index (χ1n) is 6.60. The minimum atomic E-state index is -0.534. The Morgan fingerprint density at radius 3 is 2.55 bits per heavy atom. The first kappa shape index (κ1) is 15.9. The lowest BCUT2D eigenvalue weighted by atomic mass is 9.98. The number of benzene rings is 1. The topological polar surface area (TPSA) is 84.3 Å². The molecule has 0 atom stereocenters. The molecule has 0 bridgehead atoms. The minimum Gasteiger partial charge on any atom is -0.383 e. The summed E-state index contributed by atoms with van der Waals surface area (Å²) in [7, 11) is 1.59. The molecule has 0 aliphatic carbocycles. The van der Waals surface area contributed by atoms with Gasteiger partial charge in [-0.1, -0.05) is 19.4 Å². The van der Waals surface area contributed by atoms with Gasteiger partial charge in [0, 0.05) is 12.6 Å². The van der Waals surface area contributed by atoms with E-state index in [9.17, 15) is 14.9 Å². The summed E-state index contributed by atoms with van der Waals surface area (Å²) in [4.78, 5) is 22.9. The Morgan fingerprint density at radius 1 is 1.40 bits per heavy atom. The molecule has 1 rings (SSSR count). The number of nitrogens with zero attached hydrogens (tertiary/aromatic N) is 1. The van der Waals surface area contributed by atoms with Crippen LogP contribution >= 0.6 is 0 Å². The maximum Gasteiger partial charge on any atom is 0.305 e. The molecule has 2 N–H and O–H groups in total. The van der Waals surface area contributed by atoms with Crippen LogP contribution < -0.4 is 10.6 Å². The number of hydrogen-bond donors (Lipinski definition) is 2. The van der Waals surface area contributed by atoms with Crippen molar-refractivity contribution in [1.82, 2.24) is 5.32 Å². The number of hydrogen-bond acceptors (Lipinski definition) is 4. The van der Waals surface area contributed by atoms with Crippen LogP contribution in [0.4, 0.5) is 11.4 Å². The van der Waals surface area contributed by atoms with Crippen molar-refractivity contribution in [3.05, 3.63) is 33.9 Å². The highest BCUT2D eigenvalue weighted by Crippen LogP contribution is 2.28. The van der Waals surface area contributed by atoms with Crippen molar-refractivity contribution in [2.24, 2.45) is 0 Å². The highest BCUT2D eigenvalue weighted by Gasteiger charge is 2.27. The Labute approximate surface area is 118 Å². The lowest BCUT2D eigenvalue weighted by Crippen LogP contribution is -2.43. The van der Waals surface area contributed by atoms with Gasteiger partial charge in [-0.25, -0.2) is 0 Å². The number of amides is 1. The Hall–Kier alpha value is -2.11. The van der Waals surface area contributed by atoms with Gasteiger partial charge in [-0.3, -0.25) is 14.9 Å². The van der Waals surface area contributed by atoms with Gasteiger partial charge in [0.1, 0.15) is 11.3 Å². The van der Waals surface area contributed by atoms with E-state index in [0.717, 1.165) is 12.8 Å². The zero-order valence-corrected chi connectivity index (χ0v) is 12.3. The van der Waals surface area contributed by atoms with Gasteiger partial charge in [0.15, 0.2) is 0 Å². The lowest BCUT2D eigenvalue weighted by Gasteiger charge is -2.25. The van der Waals surface area contributed by atoms with Gasteiger partial charge in [0.25, 0.3) is 5.91 Å². The highest BCUT2D eigenvalue weighted by atomic mass is 16.6. The highest BCUT2D eigenvalue weighted by molar-refractivity contribution is 6.00. The quantitative estimate of drug-likeness (QED) is 0.619. The molecule has 1 amide bonds. The fraction of sp³-hybridized carbons (Fsp3) is 0.500. The first-order chi connectivity index (χ1) is 9.32. The Kier molecular flexibility index (Phi) is 5.07. The van der Waals surface area contributed by atoms with Crippen LogP contribution in [-0.4, -0.2) is 23.4 Å². The van der Waals surface area contributed by atoms with Crippen molar-refractivity contribution in [3.8, 4) is 0 Å². The summed E-state index contributed by atoms with van der Waals surface area (Å²) in [6.45, 7) is 5.84. The second kappa shape index (κ2) is 6.36. The zero-order valence-electron chi connectivity index (χ0n) is 12.3. The minimum absolute atomic E-state index is 0.0750. The number of nitro groups is 1. The van der Waals surface area contributed by atoms with E-state index in [1.807, 2.05) is 20.8 Å². The van der Waals surface area contributed by atoms with Crippen LogP contribution in [-0.2, 0) is 0 Å². The molecule has 0 saturated carbocycles. The molecular formula is C14H21N3O3. The van der Waals surface area contributed by atoms with E-state index in [4.69, 9.17) is 0 Å². The molecule has 0 saturated heterocycles. The SMILES string of the molecule is CCCC(C)(C)NC(=O)c1cccc(NC)c1[N+](=O)[O-]. The lowest BCUT2D eigenvalue weighted by molar-refractivity contribution is -0.384. The second-order valence-electron chi connectivity index (χ2n) is 5.30. The third-order valence-corrected chi connectivity index (χ3v) is 3.06. The number of carbonyl (C=O) groups excluding carboxylic acids is 1. The van der Waals surface area contributed by atoms with Gasteiger partial charge in [-0.15, -0.1) is 0 Å². The summed E-state index contributed by atoms with van der Waals surface area (Å²) in [5, 5.41) is 16.8. The molecule has 0 unspecified atom stereocenters. The number of nitro benzene ring substituents is 1. The maximum absolute atomic E-state index is 12.3. The molecule has 6 nitrogen and oxygen atoms in total. The third kappa shape index (κ3) is 3.69. The van der Waals surface area contributed by atoms with Crippen LogP contribution in [0, 0.1) is 10.1 Å². The van der Waals surface area contributed by atoms with E-state index in [-0.39, 0.29) is 11.3 Å². The largest absolute Gasteiger partial charge is 0.383 e. The van der Waals surface area contributed by atoms with Gasteiger partial charge in [0.2, 0.25) is 0 Å². The summed E-state index contributed by atoms with van der Waals surface area (Å²) in [6, 6.07) is 4.67. The zero-order chi connectivity index (χ0) is 15.3. The van der Waals surface area contributed by atoms with Gasteiger partial charge >= 0.3 is 5.69 Å². The predicted molar refractivity (Wildman–Crippen MR) is 79.1 cm³/mol. The van der Waals surface area contributed by atoms with E-state index in [1.54, 1.807) is 19.2 Å². The van der Waals surface area contributed by atoms with Gasteiger partial charge in [-0.05, 0) is 32.4 Å². The van der Waals surface area contributed by atoms with Gasteiger partial charge < -0.3 is 10.6 Å². The summed E-state index contributed by atoms with van der Waals surface area (Å²) in [6.07, 6.45) is 1.73. The molecule has 0 heterocycles. The maximum atomic E-state index is 12.3. The standard InChI is InChI=1S/C14H21N3O3/c1-5-9-14(2,3)16-13(18)10-7-6-8-11(15-4)12(10)17(19)20/h6-8,15H,5,9H2,1-4H3,(H,16,18). The van der Waals surface area contributed by atoms with Crippen LogP contribution in [0.3, 0.4) is 0 Å². The molecule has 1 aromatic rings. The van der Waals surface area contributed by atoms with Gasteiger partial charge in [0.05, 0.1) is 4.92 Å². The number of anilines is 1. The molecule has 20 heavy (non-hydrogen) atoms. The molecule has 0 radical (unpaired) electrons. The summed E-state index contributed by atoms with van der Waals surface area (Å²) < 4.78 is 0. The average molecular weight is 279 g/mol. The van der Waals surface area contributed by atoms with Crippen molar-refractivity contribution < 1.29 is 9.72 Å². The van der Waals surface area contributed by atoms with E-state index in [2.05, 4.69) is 10.6 Å². The van der Waals surface area contributed by atoms with Crippen molar-refractivity contribution in [3.63, 3.8) is 0 Å². The smallest absolute Gasteiger partial charge is 0.305 e. The van der Waals surface area contributed by atoms with E-state index in [0.29, 0.717) is 5.69 Å². The molecule has 110 valence electrons.